The van der Waals surface area contributed by atoms with E-state index < -0.39 is 35.2 Å². The largest absolute Gasteiger partial charge is 0.319 e. The predicted octanol–water partition coefficient (Wildman–Crippen LogP) is 4.88. The van der Waals surface area contributed by atoms with Crippen molar-refractivity contribution in [3.05, 3.63) is 66.5 Å². The molecular formula is C17H13Cl3F2N6O3. The molecule has 2 aromatic heterocycles. The van der Waals surface area contributed by atoms with Crippen molar-refractivity contribution in [3.63, 3.8) is 0 Å². The van der Waals surface area contributed by atoms with Gasteiger partial charge in [-0.3, -0.25) is 24.3 Å². The third-order valence-electron chi connectivity index (χ3n) is 4.21. The van der Waals surface area contributed by atoms with Crippen LogP contribution in [0.2, 0.25) is 15.1 Å². The zero-order chi connectivity index (χ0) is 22.9. The average Bonchev–Trinajstić information content (AvgIpc) is 3.17. The van der Waals surface area contributed by atoms with Crippen molar-refractivity contribution < 1.29 is 18.5 Å². The van der Waals surface area contributed by atoms with Crippen LogP contribution in [0.4, 0.5) is 20.3 Å². The Labute approximate surface area is 188 Å². The number of hydrogen-bond acceptors (Lipinski definition) is 5. The number of amides is 1. The fourth-order valence-electron chi connectivity index (χ4n) is 2.78. The third-order valence-corrected chi connectivity index (χ3v) is 5.07. The maximum Gasteiger partial charge on any atom is 0.319 e. The second kappa shape index (κ2) is 9.16. The van der Waals surface area contributed by atoms with Gasteiger partial charge in [0.1, 0.15) is 17.3 Å². The molecule has 0 saturated heterocycles. The van der Waals surface area contributed by atoms with E-state index in [1.54, 1.807) is 18.2 Å². The highest BCUT2D eigenvalue weighted by Gasteiger charge is 2.31. The summed E-state index contributed by atoms with van der Waals surface area (Å²) < 4.78 is 28.3. The molecule has 3 aromatic rings. The van der Waals surface area contributed by atoms with Gasteiger partial charge >= 0.3 is 5.69 Å². The molecule has 1 amide bonds. The summed E-state index contributed by atoms with van der Waals surface area (Å²) in [7, 11) is 0. The van der Waals surface area contributed by atoms with Gasteiger partial charge in [0.25, 0.3) is 6.43 Å². The van der Waals surface area contributed by atoms with E-state index in [1.807, 2.05) is 0 Å². The van der Waals surface area contributed by atoms with E-state index in [4.69, 9.17) is 34.8 Å². The molecule has 0 radical (unpaired) electrons. The summed E-state index contributed by atoms with van der Waals surface area (Å²) in [4.78, 5) is 22.4. The number of nitrogens with zero attached hydrogens (tertiary/aromatic N) is 5. The van der Waals surface area contributed by atoms with Gasteiger partial charge in [0, 0.05) is 16.2 Å². The maximum atomic E-state index is 13.0. The first kappa shape index (κ1) is 22.9. The van der Waals surface area contributed by atoms with Crippen molar-refractivity contribution in [2.75, 3.05) is 5.32 Å². The lowest BCUT2D eigenvalue weighted by Gasteiger charge is -2.06. The fourth-order valence-corrected chi connectivity index (χ4v) is 3.45. The van der Waals surface area contributed by atoms with Gasteiger partial charge in [0.05, 0.1) is 11.5 Å². The van der Waals surface area contributed by atoms with Crippen molar-refractivity contribution in [3.8, 4) is 0 Å². The minimum Gasteiger partial charge on any atom is -0.306 e. The molecule has 0 aliphatic rings. The molecule has 1 N–H and O–H groups in total. The number of halogens is 5. The first-order valence-electron chi connectivity index (χ1n) is 8.53. The lowest BCUT2D eigenvalue weighted by molar-refractivity contribution is -0.386. The molecule has 14 heteroatoms. The number of anilines is 1. The summed E-state index contributed by atoms with van der Waals surface area (Å²) in [5, 5.41) is 22.1. The van der Waals surface area contributed by atoms with Gasteiger partial charge < -0.3 is 5.32 Å². The van der Waals surface area contributed by atoms with Crippen LogP contribution in [0, 0.1) is 17.0 Å². The Hall–Kier alpha value is -2.76. The Balaban J connectivity index is 1.74. The molecule has 164 valence electrons. The maximum absolute atomic E-state index is 13.0. The molecule has 3 rings (SSSR count). The number of nitro groups is 1. The Kier molecular flexibility index (Phi) is 6.77. The zero-order valence-electron chi connectivity index (χ0n) is 15.7. The van der Waals surface area contributed by atoms with Gasteiger partial charge in [-0.1, -0.05) is 40.9 Å². The van der Waals surface area contributed by atoms with Crippen molar-refractivity contribution in [2.45, 2.75) is 26.4 Å². The number of benzene rings is 1. The smallest absolute Gasteiger partial charge is 0.306 e. The molecule has 0 unspecified atom stereocenters. The number of alkyl halides is 2. The topological polar surface area (TPSA) is 108 Å². The van der Waals surface area contributed by atoms with Crippen LogP contribution in [0.15, 0.2) is 24.4 Å². The van der Waals surface area contributed by atoms with Crippen LogP contribution < -0.4 is 5.32 Å². The number of carbonyl (C=O) groups excluding carboxylic acids is 1. The predicted molar refractivity (Wildman–Crippen MR) is 110 cm³/mol. The quantitative estimate of drug-likeness (QED) is 0.373. The van der Waals surface area contributed by atoms with E-state index in [0.29, 0.717) is 15.6 Å². The SMILES string of the molecule is Cc1c([N+](=O)[O-])c(C(F)F)nn1CC(=O)Nc1nn(Cc2ccc(Cl)cc2Cl)cc1Cl. The Morgan fingerprint density at radius 1 is 1.26 bits per heavy atom. The summed E-state index contributed by atoms with van der Waals surface area (Å²) in [6.07, 6.45) is -1.70. The van der Waals surface area contributed by atoms with Crippen molar-refractivity contribution >= 4 is 52.2 Å². The minimum atomic E-state index is -3.16. The summed E-state index contributed by atoms with van der Waals surface area (Å²) in [6, 6.07) is 4.95. The van der Waals surface area contributed by atoms with E-state index in [2.05, 4.69) is 15.5 Å². The van der Waals surface area contributed by atoms with Gasteiger partial charge in [-0.2, -0.15) is 10.2 Å². The first-order valence-corrected chi connectivity index (χ1v) is 9.66. The molecule has 0 spiro atoms. The summed E-state index contributed by atoms with van der Waals surface area (Å²) in [5.41, 5.74) is -1.30. The highest BCUT2D eigenvalue weighted by atomic mass is 35.5. The molecule has 0 aliphatic carbocycles. The van der Waals surface area contributed by atoms with E-state index in [1.165, 1.54) is 17.8 Å². The van der Waals surface area contributed by atoms with Crippen LogP contribution in [0.25, 0.3) is 0 Å². The number of carbonyl (C=O) groups is 1. The molecule has 0 atom stereocenters. The van der Waals surface area contributed by atoms with Gasteiger partial charge in [-0.25, -0.2) is 8.78 Å². The van der Waals surface area contributed by atoms with E-state index in [9.17, 15) is 23.7 Å². The highest BCUT2D eigenvalue weighted by Crippen LogP contribution is 2.31. The molecule has 0 bridgehead atoms. The number of rotatable bonds is 7. The summed E-state index contributed by atoms with van der Waals surface area (Å²) in [5.74, 6) is -0.692. The van der Waals surface area contributed by atoms with Crippen LogP contribution in [0.5, 0.6) is 0 Å². The lowest BCUT2D eigenvalue weighted by atomic mass is 10.2. The number of nitrogens with one attached hydrogen (secondary N) is 1. The van der Waals surface area contributed by atoms with Crippen LogP contribution in [0.1, 0.15) is 23.4 Å². The van der Waals surface area contributed by atoms with Crippen LogP contribution in [-0.4, -0.2) is 30.4 Å². The average molecular weight is 494 g/mol. The van der Waals surface area contributed by atoms with E-state index >= 15 is 0 Å². The molecular weight excluding hydrogens is 481 g/mol. The van der Waals surface area contributed by atoms with Gasteiger partial charge in [0.2, 0.25) is 11.6 Å². The molecule has 0 saturated carbocycles. The second-order valence-corrected chi connectivity index (χ2v) is 7.59. The molecule has 9 nitrogen and oxygen atoms in total. The summed E-state index contributed by atoms with van der Waals surface area (Å²) >= 11 is 18.1. The van der Waals surface area contributed by atoms with Crippen molar-refractivity contribution in [2.24, 2.45) is 0 Å². The molecule has 31 heavy (non-hydrogen) atoms. The monoisotopic (exact) mass is 492 g/mol. The standard InChI is InChI=1S/C17H13Cl3F2N6O3/c1-8-15(28(30)31)14(16(21)22)24-27(8)7-13(29)23-17-12(20)6-26(25-17)5-9-2-3-10(18)4-11(9)19/h2-4,6,16H,5,7H2,1H3,(H,23,25,29). The number of hydrogen-bond donors (Lipinski definition) is 1. The zero-order valence-corrected chi connectivity index (χ0v) is 17.9. The van der Waals surface area contributed by atoms with Crippen molar-refractivity contribution in [1.29, 1.82) is 0 Å². The Morgan fingerprint density at radius 2 is 1.97 bits per heavy atom. The highest BCUT2D eigenvalue weighted by molar-refractivity contribution is 6.35. The van der Waals surface area contributed by atoms with Gasteiger partial charge in [-0.05, 0) is 24.6 Å². The second-order valence-electron chi connectivity index (χ2n) is 6.34. The Morgan fingerprint density at radius 3 is 2.55 bits per heavy atom. The van der Waals surface area contributed by atoms with Gasteiger partial charge in [-0.15, -0.1) is 0 Å². The molecule has 1 aromatic carbocycles. The van der Waals surface area contributed by atoms with Crippen LogP contribution >= 0.6 is 34.8 Å². The normalized spacial score (nSPS) is 11.2. The minimum absolute atomic E-state index is 0.0187. The summed E-state index contributed by atoms with van der Waals surface area (Å²) in [6.45, 7) is 0.918. The number of aromatic nitrogens is 4. The first-order chi connectivity index (χ1) is 14.6. The Bertz CT molecular complexity index is 1160. The molecule has 2 heterocycles. The van der Waals surface area contributed by atoms with E-state index in [0.717, 1.165) is 4.68 Å². The molecule has 0 aliphatic heterocycles. The molecule has 0 fully saturated rings. The fraction of sp³-hybridized carbons (Fsp3) is 0.235. The lowest BCUT2D eigenvalue weighted by Crippen LogP contribution is -2.21. The van der Waals surface area contributed by atoms with Crippen molar-refractivity contribution in [1.82, 2.24) is 19.6 Å². The van der Waals surface area contributed by atoms with E-state index in [-0.39, 0.29) is 23.1 Å². The third kappa shape index (κ3) is 5.12. The van der Waals surface area contributed by atoms with Crippen LogP contribution in [0.3, 0.4) is 0 Å². The van der Waals surface area contributed by atoms with Crippen LogP contribution in [-0.2, 0) is 17.9 Å². The van der Waals surface area contributed by atoms with Gasteiger partial charge in [0.15, 0.2) is 5.82 Å².